The van der Waals surface area contributed by atoms with E-state index in [1.54, 1.807) is 12.1 Å². The largest absolute Gasteiger partial charge is 0.491 e. The molecule has 16 heavy (non-hydrogen) atoms. The predicted molar refractivity (Wildman–Crippen MR) is 59.8 cm³/mol. The van der Waals surface area contributed by atoms with Crippen LogP contribution in [0.15, 0.2) is 33.5 Å². The van der Waals surface area contributed by atoms with Crippen LogP contribution in [-0.2, 0) is 0 Å². The molecule has 4 nitrogen and oxygen atoms in total. The van der Waals surface area contributed by atoms with Crippen molar-refractivity contribution in [2.24, 2.45) is 0 Å². The fourth-order valence-corrected chi connectivity index (χ4v) is 1.56. The Bertz CT molecular complexity index is 556. The third kappa shape index (κ3) is 2.06. The van der Waals surface area contributed by atoms with E-state index in [1.165, 1.54) is 6.07 Å². The first kappa shape index (κ1) is 10.7. The summed E-state index contributed by atoms with van der Waals surface area (Å²) in [6.45, 7) is 2.03. The van der Waals surface area contributed by atoms with E-state index in [1.807, 2.05) is 13.0 Å². The van der Waals surface area contributed by atoms with E-state index in [4.69, 9.17) is 14.3 Å². The standard InChI is InChI=1S/C12H12O4/c1-8-6-12(14)16-11-7-9(15-5-4-13)2-3-10(8)11/h2-3,6-7,13H,4-5H2,1H3. The van der Waals surface area contributed by atoms with Crippen LogP contribution in [0, 0.1) is 6.92 Å². The van der Waals surface area contributed by atoms with Gasteiger partial charge in [-0.2, -0.15) is 0 Å². The molecule has 0 spiro atoms. The van der Waals surface area contributed by atoms with Gasteiger partial charge in [0.1, 0.15) is 17.9 Å². The fraction of sp³-hybridized carbons (Fsp3) is 0.250. The zero-order chi connectivity index (χ0) is 11.5. The van der Waals surface area contributed by atoms with E-state index in [0.717, 1.165) is 10.9 Å². The summed E-state index contributed by atoms with van der Waals surface area (Å²) in [6, 6.07) is 6.72. The van der Waals surface area contributed by atoms with Crippen molar-refractivity contribution in [3.05, 3.63) is 40.2 Å². The summed E-state index contributed by atoms with van der Waals surface area (Å²) in [5.41, 5.74) is 1.00. The number of fused-ring (bicyclic) bond motifs is 1. The van der Waals surface area contributed by atoms with Crippen molar-refractivity contribution in [1.82, 2.24) is 0 Å². The summed E-state index contributed by atoms with van der Waals surface area (Å²) in [6.07, 6.45) is 0. The Labute approximate surface area is 92.1 Å². The number of rotatable bonds is 3. The summed E-state index contributed by atoms with van der Waals surface area (Å²) >= 11 is 0. The molecule has 0 radical (unpaired) electrons. The summed E-state index contributed by atoms with van der Waals surface area (Å²) < 4.78 is 10.3. The fourth-order valence-electron chi connectivity index (χ4n) is 1.56. The van der Waals surface area contributed by atoms with Gasteiger partial charge in [0.25, 0.3) is 0 Å². The molecular weight excluding hydrogens is 208 g/mol. The Morgan fingerprint density at radius 1 is 1.38 bits per heavy atom. The Morgan fingerprint density at radius 3 is 2.94 bits per heavy atom. The number of benzene rings is 1. The zero-order valence-electron chi connectivity index (χ0n) is 8.90. The lowest BCUT2D eigenvalue weighted by atomic mass is 10.1. The van der Waals surface area contributed by atoms with Crippen LogP contribution in [0.2, 0.25) is 0 Å². The minimum absolute atomic E-state index is 0.0458. The molecule has 0 saturated carbocycles. The zero-order valence-corrected chi connectivity index (χ0v) is 8.90. The first-order chi connectivity index (χ1) is 7.70. The lowest BCUT2D eigenvalue weighted by molar-refractivity contribution is 0.201. The molecule has 0 atom stereocenters. The van der Waals surface area contributed by atoms with Gasteiger partial charge >= 0.3 is 5.63 Å². The molecule has 1 aromatic heterocycles. The molecule has 0 saturated heterocycles. The Kier molecular flexibility index (Phi) is 2.92. The molecule has 0 aliphatic carbocycles. The molecule has 84 valence electrons. The molecule has 1 heterocycles. The second-order valence-electron chi connectivity index (χ2n) is 3.48. The van der Waals surface area contributed by atoms with E-state index in [0.29, 0.717) is 11.3 Å². The maximum absolute atomic E-state index is 11.2. The van der Waals surface area contributed by atoms with E-state index in [2.05, 4.69) is 0 Å². The maximum Gasteiger partial charge on any atom is 0.336 e. The molecule has 0 aliphatic heterocycles. The molecule has 0 bridgehead atoms. The van der Waals surface area contributed by atoms with Crippen molar-refractivity contribution in [1.29, 1.82) is 0 Å². The van der Waals surface area contributed by atoms with Gasteiger partial charge in [-0.05, 0) is 24.6 Å². The Balaban J connectivity index is 2.49. The third-order valence-electron chi connectivity index (χ3n) is 2.28. The van der Waals surface area contributed by atoms with Gasteiger partial charge in [0.05, 0.1) is 6.61 Å². The molecular formula is C12H12O4. The van der Waals surface area contributed by atoms with E-state index < -0.39 is 0 Å². The van der Waals surface area contributed by atoms with Crippen LogP contribution in [0.25, 0.3) is 11.0 Å². The van der Waals surface area contributed by atoms with E-state index in [9.17, 15) is 4.79 Å². The van der Waals surface area contributed by atoms with Crippen molar-refractivity contribution in [2.45, 2.75) is 6.92 Å². The lowest BCUT2D eigenvalue weighted by Gasteiger charge is -2.05. The van der Waals surface area contributed by atoms with Gasteiger partial charge in [0.15, 0.2) is 0 Å². The van der Waals surface area contributed by atoms with Crippen LogP contribution >= 0.6 is 0 Å². The van der Waals surface area contributed by atoms with E-state index in [-0.39, 0.29) is 18.8 Å². The number of aryl methyl sites for hydroxylation is 1. The van der Waals surface area contributed by atoms with Crippen molar-refractivity contribution >= 4 is 11.0 Å². The van der Waals surface area contributed by atoms with Crippen LogP contribution in [0.1, 0.15) is 5.56 Å². The van der Waals surface area contributed by atoms with Gasteiger partial charge in [-0.25, -0.2) is 4.79 Å². The molecule has 1 N–H and O–H groups in total. The normalized spacial score (nSPS) is 10.6. The monoisotopic (exact) mass is 220 g/mol. The minimum Gasteiger partial charge on any atom is -0.491 e. The second-order valence-corrected chi connectivity index (χ2v) is 3.48. The minimum atomic E-state index is -0.371. The Hall–Kier alpha value is -1.81. The summed E-state index contributed by atoms with van der Waals surface area (Å²) in [7, 11) is 0. The average Bonchev–Trinajstić information content (AvgIpc) is 2.25. The molecule has 2 aromatic rings. The van der Waals surface area contributed by atoms with Gasteiger partial charge in [-0.3, -0.25) is 0 Å². The van der Waals surface area contributed by atoms with Gasteiger partial charge in [0, 0.05) is 17.5 Å². The third-order valence-corrected chi connectivity index (χ3v) is 2.28. The van der Waals surface area contributed by atoms with Crippen LogP contribution in [0.3, 0.4) is 0 Å². The summed E-state index contributed by atoms with van der Waals surface area (Å²) in [4.78, 5) is 11.2. The molecule has 0 amide bonds. The highest BCUT2D eigenvalue weighted by atomic mass is 16.5. The van der Waals surface area contributed by atoms with Crippen molar-refractivity contribution in [3.8, 4) is 5.75 Å². The first-order valence-corrected chi connectivity index (χ1v) is 4.99. The number of hydrogen-bond donors (Lipinski definition) is 1. The summed E-state index contributed by atoms with van der Waals surface area (Å²) in [5, 5.41) is 9.52. The maximum atomic E-state index is 11.2. The van der Waals surface area contributed by atoms with Gasteiger partial charge in [-0.1, -0.05) is 0 Å². The second kappa shape index (κ2) is 4.37. The van der Waals surface area contributed by atoms with Crippen molar-refractivity contribution in [3.63, 3.8) is 0 Å². The average molecular weight is 220 g/mol. The molecule has 1 aromatic carbocycles. The van der Waals surface area contributed by atoms with Crippen LogP contribution in [-0.4, -0.2) is 18.3 Å². The quantitative estimate of drug-likeness (QED) is 0.796. The van der Waals surface area contributed by atoms with Crippen molar-refractivity contribution in [2.75, 3.05) is 13.2 Å². The van der Waals surface area contributed by atoms with Gasteiger partial charge < -0.3 is 14.3 Å². The van der Waals surface area contributed by atoms with Crippen LogP contribution in [0.5, 0.6) is 5.75 Å². The number of aliphatic hydroxyl groups is 1. The number of hydrogen-bond acceptors (Lipinski definition) is 4. The predicted octanol–water partition coefficient (Wildman–Crippen LogP) is 1.47. The molecule has 0 fully saturated rings. The van der Waals surface area contributed by atoms with Crippen LogP contribution < -0.4 is 10.4 Å². The molecule has 4 heteroatoms. The number of ether oxygens (including phenoxy) is 1. The molecule has 2 rings (SSSR count). The molecule has 0 unspecified atom stereocenters. The van der Waals surface area contributed by atoms with E-state index >= 15 is 0 Å². The smallest absolute Gasteiger partial charge is 0.336 e. The highest BCUT2D eigenvalue weighted by Gasteiger charge is 2.03. The topological polar surface area (TPSA) is 59.7 Å². The number of aliphatic hydroxyl groups excluding tert-OH is 1. The lowest BCUT2D eigenvalue weighted by Crippen LogP contribution is -2.02. The van der Waals surface area contributed by atoms with Crippen LogP contribution in [0.4, 0.5) is 0 Å². The summed E-state index contributed by atoms with van der Waals surface area (Å²) in [5.74, 6) is 0.579. The van der Waals surface area contributed by atoms with Gasteiger partial charge in [0.2, 0.25) is 0 Å². The SMILES string of the molecule is Cc1cc(=O)oc2cc(OCCO)ccc12. The Morgan fingerprint density at radius 2 is 2.19 bits per heavy atom. The van der Waals surface area contributed by atoms with Crippen molar-refractivity contribution < 1.29 is 14.3 Å². The first-order valence-electron chi connectivity index (χ1n) is 4.99. The molecule has 0 aliphatic rings. The van der Waals surface area contributed by atoms with Gasteiger partial charge in [-0.15, -0.1) is 0 Å². The highest BCUT2D eigenvalue weighted by Crippen LogP contribution is 2.21. The highest BCUT2D eigenvalue weighted by molar-refractivity contribution is 5.81.